The number of nitrogens with zero attached hydrogens (tertiary/aromatic N) is 1. The van der Waals surface area contributed by atoms with Crippen LogP contribution in [-0.4, -0.2) is 33.7 Å². The first-order valence-electron chi connectivity index (χ1n) is 6.26. The number of carboxylic acids is 1. The number of amides is 1. The lowest BCUT2D eigenvalue weighted by Gasteiger charge is -2.47. The molecular formula is C13H17NO4S. The molecule has 0 radical (unpaired) electrons. The van der Waals surface area contributed by atoms with Gasteiger partial charge in [0.05, 0.1) is 12.0 Å². The maximum absolute atomic E-state index is 12.2. The molecule has 2 aliphatic heterocycles. The minimum absolute atomic E-state index is 0.00268. The van der Waals surface area contributed by atoms with E-state index in [0.29, 0.717) is 11.3 Å². The lowest BCUT2D eigenvalue weighted by atomic mass is 9.73. The van der Waals surface area contributed by atoms with E-state index in [4.69, 9.17) is 5.11 Å². The lowest BCUT2D eigenvalue weighted by Crippen LogP contribution is -2.62. The Labute approximate surface area is 117 Å². The Morgan fingerprint density at radius 1 is 1.47 bits per heavy atom. The molecule has 0 spiro atoms. The third-order valence-electron chi connectivity index (χ3n) is 4.04. The van der Waals surface area contributed by atoms with E-state index in [1.54, 1.807) is 0 Å². The average Bonchev–Trinajstić information content (AvgIpc) is 2.49. The van der Waals surface area contributed by atoms with Crippen LogP contribution in [0.2, 0.25) is 0 Å². The molecule has 19 heavy (non-hydrogen) atoms. The zero-order chi connectivity index (χ0) is 14.5. The molecule has 4 atom stereocenters. The number of carbonyl (C=O) groups is 3. The molecule has 2 aliphatic rings. The fourth-order valence-electron chi connectivity index (χ4n) is 3.20. The van der Waals surface area contributed by atoms with Crippen molar-refractivity contribution in [3.05, 3.63) is 10.6 Å². The molecule has 5 nitrogen and oxygen atoms in total. The van der Waals surface area contributed by atoms with E-state index in [1.807, 2.05) is 13.8 Å². The van der Waals surface area contributed by atoms with Crippen molar-refractivity contribution in [3.63, 3.8) is 0 Å². The van der Waals surface area contributed by atoms with Crippen LogP contribution in [-0.2, 0) is 14.4 Å². The number of hydrogen-bond donors (Lipinski definition) is 2. The molecule has 0 aromatic carbocycles. The summed E-state index contributed by atoms with van der Waals surface area (Å²) in [6.07, 6.45) is 0.345. The van der Waals surface area contributed by atoms with Gasteiger partial charge in [-0.25, -0.2) is 4.79 Å². The topological polar surface area (TPSA) is 74.7 Å². The highest BCUT2D eigenvalue weighted by Crippen LogP contribution is 2.49. The SMILES string of the molecule is CC(=O)C[C@H](C)[C@H]1C(=O)N2C(C(=O)O)=C(S)[C@H](C)[C@@H]12. The summed E-state index contributed by atoms with van der Waals surface area (Å²) >= 11 is 4.24. The van der Waals surface area contributed by atoms with E-state index in [0.717, 1.165) is 0 Å². The number of aliphatic carboxylic acids is 1. The van der Waals surface area contributed by atoms with E-state index in [2.05, 4.69) is 12.6 Å². The molecule has 2 heterocycles. The highest BCUT2D eigenvalue weighted by Gasteiger charge is 2.59. The number of carboxylic acid groups (broad SMARTS) is 1. The van der Waals surface area contributed by atoms with Crippen molar-refractivity contribution in [1.82, 2.24) is 4.90 Å². The zero-order valence-corrected chi connectivity index (χ0v) is 12.0. The van der Waals surface area contributed by atoms with Gasteiger partial charge in [0.2, 0.25) is 5.91 Å². The van der Waals surface area contributed by atoms with Crippen molar-refractivity contribution in [2.75, 3.05) is 0 Å². The van der Waals surface area contributed by atoms with Crippen LogP contribution in [0.15, 0.2) is 10.6 Å². The molecule has 0 aromatic heterocycles. The molecule has 6 heteroatoms. The van der Waals surface area contributed by atoms with E-state index < -0.39 is 5.97 Å². The van der Waals surface area contributed by atoms with Gasteiger partial charge in [0.25, 0.3) is 0 Å². The van der Waals surface area contributed by atoms with Gasteiger partial charge in [0.15, 0.2) is 0 Å². The Morgan fingerprint density at radius 2 is 2.05 bits per heavy atom. The van der Waals surface area contributed by atoms with Gasteiger partial charge in [0, 0.05) is 17.2 Å². The van der Waals surface area contributed by atoms with Gasteiger partial charge in [0.1, 0.15) is 11.5 Å². The second kappa shape index (κ2) is 4.67. The van der Waals surface area contributed by atoms with Gasteiger partial charge in [-0.05, 0) is 12.8 Å². The van der Waals surface area contributed by atoms with Crippen LogP contribution in [0.1, 0.15) is 27.2 Å². The molecule has 2 rings (SSSR count). The van der Waals surface area contributed by atoms with Crippen molar-refractivity contribution in [3.8, 4) is 0 Å². The maximum Gasteiger partial charge on any atom is 0.353 e. The second-order valence-corrected chi connectivity index (χ2v) is 5.92. The van der Waals surface area contributed by atoms with E-state index in [9.17, 15) is 14.4 Å². The zero-order valence-electron chi connectivity index (χ0n) is 11.1. The van der Waals surface area contributed by atoms with Crippen molar-refractivity contribution in [2.24, 2.45) is 17.8 Å². The number of Topliss-reactive ketones (excluding diaryl/α,β-unsaturated/α-hetero) is 1. The summed E-state index contributed by atoms with van der Waals surface area (Å²) in [5, 5.41) is 9.16. The fraction of sp³-hybridized carbons (Fsp3) is 0.615. The number of fused-ring (bicyclic) bond motifs is 1. The number of thiol groups is 1. The smallest absolute Gasteiger partial charge is 0.353 e. The van der Waals surface area contributed by atoms with E-state index in [-0.39, 0.29) is 41.2 Å². The summed E-state index contributed by atoms with van der Waals surface area (Å²) in [5.74, 6) is -1.72. The van der Waals surface area contributed by atoms with Crippen molar-refractivity contribution in [2.45, 2.75) is 33.2 Å². The molecule has 0 bridgehead atoms. The van der Waals surface area contributed by atoms with E-state index in [1.165, 1.54) is 11.8 Å². The van der Waals surface area contributed by atoms with Crippen LogP contribution >= 0.6 is 12.6 Å². The van der Waals surface area contributed by atoms with Crippen LogP contribution in [0.5, 0.6) is 0 Å². The van der Waals surface area contributed by atoms with Crippen molar-refractivity contribution < 1.29 is 19.5 Å². The standard InChI is InChI=1S/C13H17NO4S/c1-5(4-6(2)15)8-9-7(3)11(19)10(13(17)18)14(9)12(8)16/h5,7-9,19H,4H2,1-3H3,(H,17,18)/t5-,7+,8+,9-/m0/s1. The van der Waals surface area contributed by atoms with Gasteiger partial charge >= 0.3 is 5.97 Å². The Hall–Kier alpha value is -1.30. The largest absolute Gasteiger partial charge is 0.477 e. The van der Waals surface area contributed by atoms with Gasteiger partial charge in [-0.2, -0.15) is 0 Å². The third-order valence-corrected chi connectivity index (χ3v) is 4.66. The lowest BCUT2D eigenvalue weighted by molar-refractivity contribution is -0.160. The molecular weight excluding hydrogens is 266 g/mol. The number of β-lactam (4-membered cyclic amide) rings is 1. The quantitative estimate of drug-likeness (QED) is 0.602. The summed E-state index contributed by atoms with van der Waals surface area (Å²) in [6.45, 7) is 5.24. The molecule has 0 aliphatic carbocycles. The normalized spacial score (nSPS) is 31.1. The third kappa shape index (κ3) is 1.98. The Bertz CT molecular complexity index is 499. The fourth-order valence-corrected chi connectivity index (χ4v) is 3.56. The van der Waals surface area contributed by atoms with Crippen LogP contribution < -0.4 is 0 Å². The van der Waals surface area contributed by atoms with Gasteiger partial charge < -0.3 is 14.8 Å². The average molecular weight is 283 g/mol. The summed E-state index contributed by atoms with van der Waals surface area (Å²) in [4.78, 5) is 36.3. The summed E-state index contributed by atoms with van der Waals surface area (Å²) in [5.41, 5.74) is -0.00268. The first kappa shape index (κ1) is 14.1. The molecule has 1 amide bonds. The Morgan fingerprint density at radius 3 is 2.53 bits per heavy atom. The van der Waals surface area contributed by atoms with Gasteiger partial charge in [-0.3, -0.25) is 4.79 Å². The number of ketones is 1. The molecule has 0 unspecified atom stereocenters. The maximum atomic E-state index is 12.2. The summed E-state index contributed by atoms with van der Waals surface area (Å²) in [6, 6.07) is -0.166. The highest BCUT2D eigenvalue weighted by molar-refractivity contribution is 7.84. The number of hydrogen-bond acceptors (Lipinski definition) is 4. The first-order chi connectivity index (χ1) is 8.77. The summed E-state index contributed by atoms with van der Waals surface area (Å²) in [7, 11) is 0. The van der Waals surface area contributed by atoms with Crippen molar-refractivity contribution >= 4 is 30.3 Å². The van der Waals surface area contributed by atoms with Crippen LogP contribution in [0.3, 0.4) is 0 Å². The summed E-state index contributed by atoms with van der Waals surface area (Å²) < 4.78 is 0. The number of rotatable bonds is 4. The predicted octanol–water partition coefficient (Wildman–Crippen LogP) is 1.30. The molecule has 0 aromatic rings. The second-order valence-electron chi connectivity index (χ2n) is 5.44. The minimum atomic E-state index is -1.12. The highest BCUT2D eigenvalue weighted by atomic mass is 32.1. The molecule has 1 N–H and O–H groups in total. The van der Waals surface area contributed by atoms with Gasteiger partial charge in [-0.15, -0.1) is 12.6 Å². The minimum Gasteiger partial charge on any atom is -0.477 e. The van der Waals surface area contributed by atoms with Crippen LogP contribution in [0.25, 0.3) is 0 Å². The van der Waals surface area contributed by atoms with E-state index >= 15 is 0 Å². The Kier molecular flexibility index (Phi) is 3.47. The molecule has 1 fully saturated rings. The van der Waals surface area contributed by atoms with Gasteiger partial charge in [-0.1, -0.05) is 13.8 Å². The van der Waals surface area contributed by atoms with Crippen LogP contribution in [0, 0.1) is 17.8 Å². The van der Waals surface area contributed by atoms with Crippen molar-refractivity contribution in [1.29, 1.82) is 0 Å². The monoisotopic (exact) mass is 283 g/mol. The molecule has 1 saturated heterocycles. The molecule has 0 saturated carbocycles. The van der Waals surface area contributed by atoms with Crippen LogP contribution in [0.4, 0.5) is 0 Å². The number of carbonyl (C=O) groups excluding carboxylic acids is 2. The first-order valence-corrected chi connectivity index (χ1v) is 6.71. The predicted molar refractivity (Wildman–Crippen MR) is 71.4 cm³/mol. The molecule has 104 valence electrons. The Balaban J connectivity index is 2.24.